The molecule has 1 rings (SSSR count). The summed E-state index contributed by atoms with van der Waals surface area (Å²) < 4.78 is 53.7. The summed E-state index contributed by atoms with van der Waals surface area (Å²) in [6.45, 7) is 0.314. The molecule has 0 atom stereocenters. The molecule has 1 aromatic heterocycles. The molecular formula is C9H10F4N4O3. The highest BCUT2D eigenvalue weighted by atomic mass is 19.3. The second kappa shape index (κ2) is 6.30. The molecule has 0 aliphatic heterocycles. The third kappa shape index (κ3) is 3.90. The van der Waals surface area contributed by atoms with Crippen LogP contribution in [0.15, 0.2) is 6.20 Å². The van der Waals surface area contributed by atoms with Gasteiger partial charge in [-0.1, -0.05) is 0 Å². The SMILES string of the molecule is CCNc1ncc([N+](=O)[O-])c(OCC(F)(F)C(F)F)n1. The molecule has 0 fully saturated rings. The highest BCUT2D eigenvalue weighted by Gasteiger charge is 2.42. The summed E-state index contributed by atoms with van der Waals surface area (Å²) in [5.41, 5.74) is -0.795. The van der Waals surface area contributed by atoms with Gasteiger partial charge in [0.1, 0.15) is 6.20 Å². The van der Waals surface area contributed by atoms with Crippen LogP contribution in [0.3, 0.4) is 0 Å². The Morgan fingerprint density at radius 1 is 1.55 bits per heavy atom. The molecule has 0 aliphatic rings. The number of nitro groups is 1. The molecule has 11 heteroatoms. The van der Waals surface area contributed by atoms with E-state index in [2.05, 4.69) is 20.0 Å². The summed E-state index contributed by atoms with van der Waals surface area (Å²) in [6, 6.07) is 0. The van der Waals surface area contributed by atoms with Gasteiger partial charge < -0.3 is 10.1 Å². The maximum Gasteiger partial charge on any atom is 0.349 e. The maximum atomic E-state index is 12.7. The van der Waals surface area contributed by atoms with Gasteiger partial charge in [0.15, 0.2) is 6.61 Å². The topological polar surface area (TPSA) is 90.2 Å². The molecule has 0 aromatic carbocycles. The third-order valence-corrected chi connectivity index (χ3v) is 1.99. The predicted molar refractivity (Wildman–Crippen MR) is 59.3 cm³/mol. The van der Waals surface area contributed by atoms with Gasteiger partial charge in [-0.3, -0.25) is 10.1 Å². The summed E-state index contributed by atoms with van der Waals surface area (Å²) in [7, 11) is 0. The van der Waals surface area contributed by atoms with Crippen LogP contribution in [-0.4, -0.2) is 40.4 Å². The minimum absolute atomic E-state index is 0.103. The molecule has 112 valence electrons. The first-order valence-corrected chi connectivity index (χ1v) is 5.32. The van der Waals surface area contributed by atoms with Gasteiger partial charge >= 0.3 is 18.0 Å². The fourth-order valence-corrected chi connectivity index (χ4v) is 1.06. The number of nitrogens with one attached hydrogen (secondary N) is 1. The van der Waals surface area contributed by atoms with Crippen LogP contribution in [0.1, 0.15) is 6.92 Å². The van der Waals surface area contributed by atoms with Gasteiger partial charge in [0.2, 0.25) is 5.95 Å². The Balaban J connectivity index is 2.96. The fraction of sp³-hybridized carbons (Fsp3) is 0.556. The van der Waals surface area contributed by atoms with E-state index in [1.54, 1.807) is 6.92 Å². The zero-order valence-electron chi connectivity index (χ0n) is 10.1. The van der Waals surface area contributed by atoms with Crippen LogP contribution in [0.5, 0.6) is 5.88 Å². The van der Waals surface area contributed by atoms with Crippen molar-refractivity contribution in [3.63, 3.8) is 0 Å². The van der Waals surface area contributed by atoms with E-state index in [0.717, 1.165) is 6.20 Å². The van der Waals surface area contributed by atoms with Crippen molar-refractivity contribution in [3.05, 3.63) is 16.3 Å². The van der Waals surface area contributed by atoms with Gasteiger partial charge in [-0.25, -0.2) is 13.8 Å². The largest absolute Gasteiger partial charge is 0.466 e. The van der Waals surface area contributed by atoms with Crippen molar-refractivity contribution in [3.8, 4) is 5.88 Å². The van der Waals surface area contributed by atoms with Gasteiger partial charge in [0.05, 0.1) is 4.92 Å². The molecule has 0 saturated carbocycles. The molecule has 0 saturated heterocycles. The minimum Gasteiger partial charge on any atom is -0.466 e. The molecule has 7 nitrogen and oxygen atoms in total. The Labute approximate surface area is 110 Å². The summed E-state index contributed by atoms with van der Waals surface area (Å²) in [5, 5.41) is 13.2. The second-order valence-corrected chi connectivity index (χ2v) is 3.52. The van der Waals surface area contributed by atoms with Crippen molar-refractivity contribution in [2.75, 3.05) is 18.5 Å². The molecule has 0 unspecified atom stereocenters. The molecule has 0 aliphatic carbocycles. The van der Waals surface area contributed by atoms with Crippen LogP contribution < -0.4 is 10.1 Å². The van der Waals surface area contributed by atoms with E-state index < -0.39 is 35.4 Å². The monoisotopic (exact) mass is 298 g/mol. The number of anilines is 1. The summed E-state index contributed by atoms with van der Waals surface area (Å²) in [6.07, 6.45) is -3.21. The maximum absolute atomic E-state index is 12.7. The van der Waals surface area contributed by atoms with Gasteiger partial charge in [-0.15, -0.1) is 0 Å². The minimum atomic E-state index is -4.43. The average molecular weight is 298 g/mol. The first-order valence-electron chi connectivity index (χ1n) is 5.32. The summed E-state index contributed by atoms with van der Waals surface area (Å²) >= 11 is 0. The lowest BCUT2D eigenvalue weighted by Gasteiger charge is -2.15. The number of nitrogens with zero attached hydrogens (tertiary/aromatic N) is 3. The molecule has 1 aromatic rings. The number of halogens is 4. The summed E-state index contributed by atoms with van der Waals surface area (Å²) in [5.74, 6) is -5.34. The average Bonchev–Trinajstić information content (AvgIpc) is 2.36. The quantitative estimate of drug-likeness (QED) is 0.471. The Hall–Kier alpha value is -2.20. The molecule has 1 N–H and O–H groups in total. The lowest BCUT2D eigenvalue weighted by Crippen LogP contribution is -2.34. The van der Waals surface area contributed by atoms with Crippen molar-refractivity contribution in [2.45, 2.75) is 19.3 Å². The Morgan fingerprint density at radius 2 is 2.20 bits per heavy atom. The number of rotatable bonds is 7. The van der Waals surface area contributed by atoms with Crippen LogP contribution >= 0.6 is 0 Å². The molecule has 0 radical (unpaired) electrons. The highest BCUT2D eigenvalue weighted by molar-refractivity contribution is 5.43. The van der Waals surface area contributed by atoms with Crippen LogP contribution in [-0.2, 0) is 0 Å². The van der Waals surface area contributed by atoms with E-state index in [4.69, 9.17) is 0 Å². The van der Waals surface area contributed by atoms with Crippen molar-refractivity contribution in [2.24, 2.45) is 0 Å². The van der Waals surface area contributed by atoms with E-state index in [-0.39, 0.29) is 5.95 Å². The van der Waals surface area contributed by atoms with Gasteiger partial charge in [0.25, 0.3) is 5.88 Å². The van der Waals surface area contributed by atoms with Gasteiger partial charge in [-0.2, -0.15) is 13.8 Å². The number of ether oxygens (including phenoxy) is 1. The van der Waals surface area contributed by atoms with Gasteiger partial charge in [-0.05, 0) is 6.92 Å². The van der Waals surface area contributed by atoms with Crippen LogP contribution in [0.25, 0.3) is 0 Å². The lowest BCUT2D eigenvalue weighted by atomic mass is 10.4. The third-order valence-electron chi connectivity index (χ3n) is 1.99. The highest BCUT2D eigenvalue weighted by Crippen LogP contribution is 2.28. The number of hydrogen-bond donors (Lipinski definition) is 1. The summed E-state index contributed by atoms with van der Waals surface area (Å²) in [4.78, 5) is 16.7. The van der Waals surface area contributed by atoms with Crippen LogP contribution in [0.2, 0.25) is 0 Å². The Kier molecular flexibility index (Phi) is 5.00. The first kappa shape index (κ1) is 15.9. The molecule has 0 bridgehead atoms. The second-order valence-electron chi connectivity index (χ2n) is 3.52. The van der Waals surface area contributed by atoms with E-state index in [9.17, 15) is 27.7 Å². The molecule has 20 heavy (non-hydrogen) atoms. The van der Waals surface area contributed by atoms with E-state index in [1.165, 1.54) is 0 Å². The zero-order chi connectivity index (χ0) is 15.3. The van der Waals surface area contributed by atoms with Crippen molar-refractivity contribution >= 4 is 11.6 Å². The Morgan fingerprint density at radius 3 is 2.70 bits per heavy atom. The zero-order valence-corrected chi connectivity index (χ0v) is 10.1. The molecule has 0 amide bonds. The van der Waals surface area contributed by atoms with E-state index in [0.29, 0.717) is 6.54 Å². The van der Waals surface area contributed by atoms with E-state index in [1.807, 2.05) is 0 Å². The smallest absolute Gasteiger partial charge is 0.349 e. The molecule has 0 spiro atoms. The molecular weight excluding hydrogens is 288 g/mol. The normalized spacial score (nSPS) is 11.5. The number of hydrogen-bond acceptors (Lipinski definition) is 6. The fourth-order valence-electron chi connectivity index (χ4n) is 1.06. The van der Waals surface area contributed by atoms with Crippen molar-refractivity contribution in [1.29, 1.82) is 0 Å². The Bertz CT molecular complexity index is 486. The van der Waals surface area contributed by atoms with Crippen molar-refractivity contribution < 1.29 is 27.2 Å². The van der Waals surface area contributed by atoms with E-state index >= 15 is 0 Å². The van der Waals surface area contributed by atoms with Crippen molar-refractivity contribution in [1.82, 2.24) is 9.97 Å². The van der Waals surface area contributed by atoms with Crippen LogP contribution in [0.4, 0.5) is 29.2 Å². The number of alkyl halides is 4. The van der Waals surface area contributed by atoms with Crippen LogP contribution in [0, 0.1) is 10.1 Å². The standard InChI is InChI=1S/C9H10F4N4O3/c1-2-14-8-15-3-5(17(18)19)6(16-8)20-4-9(12,13)7(10)11/h3,7H,2,4H2,1H3,(H,14,15,16). The molecule has 1 heterocycles. The first-order chi connectivity index (χ1) is 9.27. The van der Waals surface area contributed by atoms with Gasteiger partial charge in [0, 0.05) is 6.54 Å². The lowest BCUT2D eigenvalue weighted by molar-refractivity contribution is -0.386. The predicted octanol–water partition coefficient (Wildman–Crippen LogP) is 2.10. The number of aromatic nitrogens is 2.